The lowest BCUT2D eigenvalue weighted by Gasteiger charge is -2.16. The van der Waals surface area contributed by atoms with Gasteiger partial charge in [-0.2, -0.15) is 0 Å². The Balaban J connectivity index is 2.58. The van der Waals surface area contributed by atoms with Gasteiger partial charge < -0.3 is 25.0 Å². The average Bonchev–Trinajstić information content (AvgIpc) is 2.49. The van der Waals surface area contributed by atoms with Crippen molar-refractivity contribution in [1.82, 2.24) is 5.32 Å². The minimum absolute atomic E-state index is 0.187. The van der Waals surface area contributed by atoms with E-state index in [0.717, 1.165) is 18.5 Å². The van der Waals surface area contributed by atoms with Gasteiger partial charge in [-0.3, -0.25) is 0 Å². The monoisotopic (exact) mass is 297 g/mol. The van der Waals surface area contributed by atoms with Gasteiger partial charge in [0.05, 0.1) is 19.3 Å². The number of hydrogen-bond acceptors (Lipinski definition) is 5. The maximum absolute atomic E-state index is 10.2. The number of aliphatic hydroxyl groups excluding tert-OH is 2. The molecule has 1 aromatic rings. The van der Waals surface area contributed by atoms with Crippen LogP contribution in [0.15, 0.2) is 18.2 Å². The molecule has 0 aliphatic rings. The Kier molecular flexibility index (Phi) is 8.82. The van der Waals surface area contributed by atoms with Gasteiger partial charge in [0.25, 0.3) is 0 Å². The van der Waals surface area contributed by atoms with Crippen LogP contribution in [-0.2, 0) is 0 Å². The Hall–Kier alpha value is -1.30. The first-order chi connectivity index (χ1) is 10.2. The minimum Gasteiger partial charge on any atom is -0.490 e. The van der Waals surface area contributed by atoms with Crippen LogP contribution in [0.4, 0.5) is 0 Å². The zero-order valence-electron chi connectivity index (χ0n) is 13.0. The van der Waals surface area contributed by atoms with Gasteiger partial charge in [-0.25, -0.2) is 0 Å². The maximum Gasteiger partial charge on any atom is 0.161 e. The SMILES string of the molecule is CCOc1ccc(C(O)CCNCCCO)cc1OCC. The predicted octanol–water partition coefficient (Wildman–Crippen LogP) is 1.88. The standard InChI is InChI=1S/C16H27NO4/c1-3-20-15-7-6-13(12-16(15)21-4-2)14(19)8-10-17-9-5-11-18/h6-7,12,14,17-19H,3-5,8-11H2,1-2H3. The molecule has 3 N–H and O–H groups in total. The first-order valence-electron chi connectivity index (χ1n) is 7.62. The topological polar surface area (TPSA) is 71.0 Å². The maximum atomic E-state index is 10.2. The van der Waals surface area contributed by atoms with Crippen LogP contribution in [-0.4, -0.2) is 43.1 Å². The summed E-state index contributed by atoms with van der Waals surface area (Å²) in [5.41, 5.74) is 0.825. The zero-order chi connectivity index (χ0) is 15.5. The Morgan fingerprint density at radius 2 is 1.81 bits per heavy atom. The third kappa shape index (κ3) is 6.33. The minimum atomic E-state index is -0.540. The summed E-state index contributed by atoms with van der Waals surface area (Å²) in [4.78, 5) is 0. The third-order valence-electron chi connectivity index (χ3n) is 3.06. The molecule has 0 aliphatic heterocycles. The molecule has 1 unspecified atom stereocenters. The van der Waals surface area contributed by atoms with E-state index in [4.69, 9.17) is 14.6 Å². The van der Waals surface area contributed by atoms with Crippen LogP contribution in [0.5, 0.6) is 11.5 Å². The molecule has 0 amide bonds. The van der Waals surface area contributed by atoms with E-state index in [1.165, 1.54) is 0 Å². The Morgan fingerprint density at radius 3 is 2.48 bits per heavy atom. The van der Waals surface area contributed by atoms with Crippen molar-refractivity contribution in [2.24, 2.45) is 0 Å². The fourth-order valence-electron chi connectivity index (χ4n) is 2.01. The van der Waals surface area contributed by atoms with Crippen LogP contribution < -0.4 is 14.8 Å². The molecule has 0 fully saturated rings. The van der Waals surface area contributed by atoms with E-state index in [1.807, 2.05) is 32.0 Å². The lowest BCUT2D eigenvalue weighted by atomic mass is 10.1. The van der Waals surface area contributed by atoms with Crippen molar-refractivity contribution in [2.45, 2.75) is 32.8 Å². The van der Waals surface area contributed by atoms with Crippen LogP contribution >= 0.6 is 0 Å². The fraction of sp³-hybridized carbons (Fsp3) is 0.625. The largest absolute Gasteiger partial charge is 0.490 e. The fourth-order valence-corrected chi connectivity index (χ4v) is 2.01. The normalized spacial score (nSPS) is 12.2. The van der Waals surface area contributed by atoms with Gasteiger partial charge in [-0.1, -0.05) is 6.07 Å². The van der Waals surface area contributed by atoms with Crippen LogP contribution in [0.2, 0.25) is 0 Å². The quantitative estimate of drug-likeness (QED) is 0.544. The molecule has 0 saturated carbocycles. The van der Waals surface area contributed by atoms with Crippen molar-refractivity contribution in [3.05, 3.63) is 23.8 Å². The highest BCUT2D eigenvalue weighted by Crippen LogP contribution is 2.31. The van der Waals surface area contributed by atoms with Crippen LogP contribution in [0, 0.1) is 0 Å². The summed E-state index contributed by atoms with van der Waals surface area (Å²) in [6.45, 7) is 6.64. The van der Waals surface area contributed by atoms with E-state index in [2.05, 4.69) is 5.32 Å². The third-order valence-corrected chi connectivity index (χ3v) is 3.06. The molecular weight excluding hydrogens is 270 g/mol. The molecule has 0 aromatic heterocycles. The van der Waals surface area contributed by atoms with Gasteiger partial charge >= 0.3 is 0 Å². The van der Waals surface area contributed by atoms with Gasteiger partial charge in [-0.15, -0.1) is 0 Å². The molecule has 1 atom stereocenters. The van der Waals surface area contributed by atoms with Gasteiger partial charge in [0.2, 0.25) is 0 Å². The lowest BCUT2D eigenvalue weighted by molar-refractivity contribution is 0.165. The van der Waals surface area contributed by atoms with Crippen molar-refractivity contribution in [3.63, 3.8) is 0 Å². The van der Waals surface area contributed by atoms with Gasteiger partial charge in [0.15, 0.2) is 11.5 Å². The molecule has 5 heteroatoms. The molecule has 21 heavy (non-hydrogen) atoms. The summed E-state index contributed by atoms with van der Waals surface area (Å²) in [7, 11) is 0. The van der Waals surface area contributed by atoms with E-state index < -0.39 is 6.10 Å². The van der Waals surface area contributed by atoms with E-state index in [-0.39, 0.29) is 6.61 Å². The van der Waals surface area contributed by atoms with E-state index in [1.54, 1.807) is 0 Å². The number of ether oxygens (including phenoxy) is 2. The van der Waals surface area contributed by atoms with Crippen LogP contribution in [0.3, 0.4) is 0 Å². The van der Waals surface area contributed by atoms with Gasteiger partial charge in [0.1, 0.15) is 0 Å². The van der Waals surface area contributed by atoms with E-state index >= 15 is 0 Å². The second-order valence-electron chi connectivity index (χ2n) is 4.70. The smallest absolute Gasteiger partial charge is 0.161 e. The molecule has 0 saturated heterocycles. The predicted molar refractivity (Wildman–Crippen MR) is 82.9 cm³/mol. The summed E-state index contributed by atoms with van der Waals surface area (Å²) >= 11 is 0. The first-order valence-corrected chi connectivity index (χ1v) is 7.62. The van der Waals surface area contributed by atoms with Crippen molar-refractivity contribution in [1.29, 1.82) is 0 Å². The summed E-state index contributed by atoms with van der Waals surface area (Å²) in [5, 5.41) is 22.1. The Labute approximate surface area is 126 Å². The van der Waals surface area contributed by atoms with Gasteiger partial charge in [0, 0.05) is 6.61 Å². The first kappa shape index (κ1) is 17.8. The molecule has 0 aliphatic carbocycles. The molecule has 1 rings (SSSR count). The van der Waals surface area contributed by atoms with Crippen molar-refractivity contribution in [3.8, 4) is 11.5 Å². The molecule has 0 spiro atoms. The Morgan fingerprint density at radius 1 is 1.10 bits per heavy atom. The number of benzene rings is 1. The average molecular weight is 297 g/mol. The summed E-state index contributed by atoms with van der Waals surface area (Å²) in [6, 6.07) is 5.55. The highest BCUT2D eigenvalue weighted by atomic mass is 16.5. The lowest BCUT2D eigenvalue weighted by Crippen LogP contribution is -2.19. The highest BCUT2D eigenvalue weighted by molar-refractivity contribution is 5.43. The second-order valence-corrected chi connectivity index (χ2v) is 4.70. The molecule has 120 valence electrons. The van der Waals surface area contributed by atoms with Crippen LogP contribution in [0.1, 0.15) is 38.4 Å². The molecule has 1 aromatic carbocycles. The molecular formula is C16H27NO4. The van der Waals surface area contributed by atoms with E-state index in [9.17, 15) is 5.11 Å². The zero-order valence-corrected chi connectivity index (χ0v) is 13.0. The summed E-state index contributed by atoms with van der Waals surface area (Å²) < 4.78 is 11.1. The van der Waals surface area contributed by atoms with Crippen LogP contribution in [0.25, 0.3) is 0 Å². The molecule has 0 radical (unpaired) electrons. The number of hydrogen-bond donors (Lipinski definition) is 3. The van der Waals surface area contributed by atoms with E-state index in [0.29, 0.717) is 37.7 Å². The summed E-state index contributed by atoms with van der Waals surface area (Å²) in [5.74, 6) is 1.38. The van der Waals surface area contributed by atoms with Crippen molar-refractivity contribution < 1.29 is 19.7 Å². The number of nitrogens with one attached hydrogen (secondary N) is 1. The molecule has 0 bridgehead atoms. The van der Waals surface area contributed by atoms with Gasteiger partial charge in [-0.05, 0) is 57.5 Å². The molecule has 5 nitrogen and oxygen atoms in total. The van der Waals surface area contributed by atoms with Crippen molar-refractivity contribution >= 4 is 0 Å². The number of rotatable bonds is 11. The van der Waals surface area contributed by atoms with Crippen molar-refractivity contribution in [2.75, 3.05) is 32.9 Å². The molecule has 0 heterocycles. The number of aliphatic hydroxyl groups is 2. The summed E-state index contributed by atoms with van der Waals surface area (Å²) in [6.07, 6.45) is 0.806. The highest BCUT2D eigenvalue weighted by Gasteiger charge is 2.12. The Bertz CT molecular complexity index is 398. The second kappa shape index (κ2) is 10.4.